The van der Waals surface area contributed by atoms with E-state index < -0.39 is 0 Å². The SMILES string of the molecule is Cc1cc2cc(CN(CCO)C(=S)Nc3ccc(F)cc3)c(=O)[nH]c2cc1C. The fourth-order valence-corrected chi connectivity index (χ4v) is 3.23. The summed E-state index contributed by atoms with van der Waals surface area (Å²) in [4.78, 5) is 17.2. The van der Waals surface area contributed by atoms with Crippen LogP contribution in [-0.4, -0.2) is 33.3 Å². The van der Waals surface area contributed by atoms with E-state index in [-0.39, 0.29) is 31.1 Å². The molecule has 0 saturated heterocycles. The molecule has 1 heterocycles. The number of nitrogens with one attached hydrogen (secondary N) is 2. The molecule has 0 saturated carbocycles. The lowest BCUT2D eigenvalue weighted by Gasteiger charge is -2.25. The van der Waals surface area contributed by atoms with Crippen LogP contribution in [0.25, 0.3) is 10.9 Å². The van der Waals surface area contributed by atoms with E-state index in [0.29, 0.717) is 16.4 Å². The van der Waals surface area contributed by atoms with Gasteiger partial charge in [0.15, 0.2) is 5.11 Å². The summed E-state index contributed by atoms with van der Waals surface area (Å²) in [6, 6.07) is 11.7. The first-order chi connectivity index (χ1) is 13.4. The molecule has 28 heavy (non-hydrogen) atoms. The van der Waals surface area contributed by atoms with Crippen LogP contribution in [0.15, 0.2) is 47.3 Å². The molecule has 0 atom stereocenters. The first kappa shape index (κ1) is 20.0. The molecular formula is C21H22FN3O2S. The minimum Gasteiger partial charge on any atom is -0.395 e. The number of aromatic nitrogens is 1. The van der Waals surface area contributed by atoms with E-state index in [9.17, 15) is 14.3 Å². The van der Waals surface area contributed by atoms with Crippen LogP contribution in [0.2, 0.25) is 0 Å². The zero-order valence-electron chi connectivity index (χ0n) is 15.8. The van der Waals surface area contributed by atoms with Crippen LogP contribution in [0.4, 0.5) is 10.1 Å². The van der Waals surface area contributed by atoms with Crippen molar-refractivity contribution in [1.29, 1.82) is 0 Å². The number of pyridine rings is 1. The quantitative estimate of drug-likeness (QED) is 0.573. The molecule has 1 aromatic heterocycles. The molecule has 0 unspecified atom stereocenters. The molecule has 0 fully saturated rings. The van der Waals surface area contributed by atoms with Gasteiger partial charge in [-0.15, -0.1) is 0 Å². The molecule has 0 bridgehead atoms. The highest BCUT2D eigenvalue weighted by molar-refractivity contribution is 7.80. The maximum absolute atomic E-state index is 13.1. The number of hydrogen-bond acceptors (Lipinski definition) is 3. The van der Waals surface area contributed by atoms with E-state index in [0.717, 1.165) is 22.0 Å². The average Bonchev–Trinajstić information content (AvgIpc) is 2.65. The summed E-state index contributed by atoms with van der Waals surface area (Å²) in [5.74, 6) is -0.336. The highest BCUT2D eigenvalue weighted by Crippen LogP contribution is 2.18. The third-order valence-electron chi connectivity index (χ3n) is 4.65. The Labute approximate surface area is 167 Å². The molecule has 146 valence electrons. The summed E-state index contributed by atoms with van der Waals surface area (Å²) in [5.41, 5.74) is 4.04. The minimum atomic E-state index is -0.336. The maximum atomic E-state index is 13.1. The Kier molecular flexibility index (Phi) is 6.06. The molecule has 3 aromatic rings. The first-order valence-corrected chi connectivity index (χ1v) is 9.33. The fourth-order valence-electron chi connectivity index (χ4n) is 2.95. The standard InChI is InChI=1S/C21H22FN3O2S/c1-13-9-15-11-16(20(27)24-19(15)10-14(13)2)12-25(7-8-26)21(28)23-18-5-3-17(22)4-6-18/h3-6,9-11,26H,7-8,12H2,1-2H3,(H,23,28)(H,24,27). The Bertz CT molecular complexity index is 1060. The van der Waals surface area contributed by atoms with E-state index in [1.165, 1.54) is 12.1 Å². The molecule has 0 aliphatic carbocycles. The van der Waals surface area contributed by atoms with E-state index >= 15 is 0 Å². The Morgan fingerprint density at radius 2 is 1.86 bits per heavy atom. The predicted octanol–water partition coefficient (Wildman–Crippen LogP) is 3.48. The predicted molar refractivity (Wildman–Crippen MR) is 114 cm³/mol. The first-order valence-electron chi connectivity index (χ1n) is 8.93. The Balaban J connectivity index is 1.86. The topological polar surface area (TPSA) is 68.4 Å². The summed E-state index contributed by atoms with van der Waals surface area (Å²) < 4.78 is 13.1. The minimum absolute atomic E-state index is 0.116. The number of aryl methyl sites for hydroxylation is 2. The number of fused-ring (bicyclic) bond motifs is 1. The molecule has 7 heteroatoms. The lowest BCUT2D eigenvalue weighted by atomic mass is 10.0. The maximum Gasteiger partial charge on any atom is 0.253 e. The third-order valence-corrected chi connectivity index (χ3v) is 5.01. The number of nitrogens with zero attached hydrogens (tertiary/aromatic N) is 1. The number of hydrogen-bond donors (Lipinski definition) is 3. The van der Waals surface area contributed by atoms with Gasteiger partial charge in [-0.3, -0.25) is 4.79 Å². The molecule has 0 spiro atoms. The van der Waals surface area contributed by atoms with Gasteiger partial charge in [-0.1, -0.05) is 0 Å². The zero-order chi connectivity index (χ0) is 20.3. The molecule has 5 nitrogen and oxygen atoms in total. The summed E-state index contributed by atoms with van der Waals surface area (Å²) in [6.07, 6.45) is 0. The van der Waals surface area contributed by atoms with Crippen molar-refractivity contribution < 1.29 is 9.50 Å². The van der Waals surface area contributed by atoms with E-state index in [1.54, 1.807) is 17.0 Å². The zero-order valence-corrected chi connectivity index (χ0v) is 16.6. The number of thiocarbonyl (C=S) groups is 1. The number of benzene rings is 2. The fraction of sp³-hybridized carbons (Fsp3) is 0.238. The van der Waals surface area contributed by atoms with Crippen LogP contribution in [0.3, 0.4) is 0 Å². The molecule has 3 N–H and O–H groups in total. The van der Waals surface area contributed by atoms with E-state index in [4.69, 9.17) is 12.2 Å². The second kappa shape index (κ2) is 8.50. The molecule has 3 rings (SSSR count). The molecule has 0 aliphatic heterocycles. The number of H-pyrrole nitrogens is 1. The Hall–Kier alpha value is -2.77. The summed E-state index contributed by atoms with van der Waals surface area (Å²) in [5, 5.41) is 13.7. The van der Waals surface area contributed by atoms with Crippen molar-refractivity contribution in [3.8, 4) is 0 Å². The van der Waals surface area contributed by atoms with Crippen molar-refractivity contribution in [2.24, 2.45) is 0 Å². The van der Waals surface area contributed by atoms with Crippen LogP contribution < -0.4 is 10.9 Å². The second-order valence-electron chi connectivity index (χ2n) is 6.73. The van der Waals surface area contributed by atoms with Crippen LogP contribution in [0.5, 0.6) is 0 Å². The van der Waals surface area contributed by atoms with Crippen molar-refractivity contribution in [1.82, 2.24) is 9.88 Å². The Morgan fingerprint density at radius 1 is 1.18 bits per heavy atom. The van der Waals surface area contributed by atoms with Crippen molar-refractivity contribution in [2.75, 3.05) is 18.5 Å². The summed E-state index contributed by atoms with van der Waals surface area (Å²) in [7, 11) is 0. The van der Waals surface area contributed by atoms with Gasteiger partial charge < -0.3 is 20.3 Å². The van der Waals surface area contributed by atoms with Gasteiger partial charge in [-0.25, -0.2) is 4.39 Å². The van der Waals surface area contributed by atoms with Crippen molar-refractivity contribution in [3.05, 3.63) is 75.3 Å². The molecule has 2 aromatic carbocycles. The lowest BCUT2D eigenvalue weighted by molar-refractivity contribution is 0.248. The Morgan fingerprint density at radius 3 is 2.54 bits per heavy atom. The monoisotopic (exact) mass is 399 g/mol. The van der Waals surface area contributed by atoms with Crippen molar-refractivity contribution in [3.63, 3.8) is 0 Å². The molecule has 0 amide bonds. The van der Waals surface area contributed by atoms with Crippen LogP contribution in [-0.2, 0) is 6.54 Å². The number of halogens is 1. The largest absolute Gasteiger partial charge is 0.395 e. The van der Waals surface area contributed by atoms with Gasteiger partial charge in [0.25, 0.3) is 5.56 Å². The van der Waals surface area contributed by atoms with E-state index in [2.05, 4.69) is 10.3 Å². The summed E-state index contributed by atoms with van der Waals surface area (Å²) in [6.45, 7) is 4.42. The van der Waals surface area contributed by atoms with Gasteiger partial charge in [-0.2, -0.15) is 0 Å². The van der Waals surface area contributed by atoms with Gasteiger partial charge in [0.1, 0.15) is 5.82 Å². The molecular weight excluding hydrogens is 377 g/mol. The van der Waals surface area contributed by atoms with Crippen molar-refractivity contribution >= 4 is 33.9 Å². The van der Waals surface area contributed by atoms with Gasteiger partial charge in [0.2, 0.25) is 0 Å². The van der Waals surface area contributed by atoms with Gasteiger partial charge in [0, 0.05) is 23.3 Å². The number of rotatable bonds is 5. The normalized spacial score (nSPS) is 10.9. The summed E-state index contributed by atoms with van der Waals surface area (Å²) >= 11 is 5.43. The third kappa shape index (κ3) is 4.55. The number of aromatic amines is 1. The van der Waals surface area contributed by atoms with Gasteiger partial charge >= 0.3 is 0 Å². The average molecular weight is 399 g/mol. The molecule has 0 aliphatic rings. The van der Waals surface area contributed by atoms with Crippen molar-refractivity contribution in [2.45, 2.75) is 20.4 Å². The van der Waals surface area contributed by atoms with Crippen LogP contribution in [0.1, 0.15) is 16.7 Å². The highest BCUT2D eigenvalue weighted by Gasteiger charge is 2.14. The second-order valence-corrected chi connectivity index (χ2v) is 7.12. The number of anilines is 1. The van der Waals surface area contributed by atoms with Crippen LogP contribution >= 0.6 is 12.2 Å². The van der Waals surface area contributed by atoms with Crippen LogP contribution in [0, 0.1) is 19.7 Å². The number of aliphatic hydroxyl groups is 1. The van der Waals surface area contributed by atoms with Gasteiger partial charge in [0.05, 0.1) is 13.2 Å². The van der Waals surface area contributed by atoms with Gasteiger partial charge in [-0.05, 0) is 85.0 Å². The lowest BCUT2D eigenvalue weighted by Crippen LogP contribution is -2.37. The highest BCUT2D eigenvalue weighted by atomic mass is 32.1. The molecule has 0 radical (unpaired) electrons. The van der Waals surface area contributed by atoms with E-state index in [1.807, 2.05) is 32.0 Å². The smallest absolute Gasteiger partial charge is 0.253 e. The number of aliphatic hydroxyl groups excluding tert-OH is 1.